The van der Waals surface area contributed by atoms with Crippen LogP contribution in [0.5, 0.6) is 0 Å². The summed E-state index contributed by atoms with van der Waals surface area (Å²) in [5.74, 6) is -0.964. The quantitative estimate of drug-likeness (QED) is 0.651. The molecule has 2 saturated carbocycles. The molecule has 19 heavy (non-hydrogen) atoms. The molecule has 1 aliphatic heterocycles. The summed E-state index contributed by atoms with van der Waals surface area (Å²) < 4.78 is 8.55. The maximum absolute atomic E-state index is 10.1. The molecule has 7 heteroatoms. The van der Waals surface area contributed by atoms with Crippen LogP contribution in [-0.2, 0) is 19.1 Å². The average molecular weight is 276 g/mol. The van der Waals surface area contributed by atoms with E-state index in [1.165, 1.54) is 44.9 Å². The fraction of sp³-hybridized carbons (Fsp3) is 0.750. The first-order valence-electron chi connectivity index (χ1n) is 6.25. The van der Waals surface area contributed by atoms with Gasteiger partial charge < -0.3 is 19.7 Å². The van der Waals surface area contributed by atoms with E-state index in [4.69, 9.17) is 15.0 Å². The zero-order valence-electron chi connectivity index (χ0n) is 10.8. The summed E-state index contributed by atoms with van der Waals surface area (Å²) in [4.78, 5) is 28.8. The lowest BCUT2D eigenvalue weighted by molar-refractivity contribution is -0.174. The topological polar surface area (TPSA) is 110 Å². The molecule has 2 N–H and O–H groups in total. The van der Waals surface area contributed by atoms with Crippen molar-refractivity contribution < 1.29 is 34.1 Å². The molecule has 0 unspecified atom stereocenters. The van der Waals surface area contributed by atoms with E-state index in [1.54, 1.807) is 0 Å². The highest BCUT2D eigenvalue weighted by molar-refractivity contribution is 5.82. The second kappa shape index (κ2) is 11.3. The highest BCUT2D eigenvalue weighted by Crippen LogP contribution is 2.15. The number of ether oxygens (including phenoxy) is 2. The third-order valence-corrected chi connectivity index (χ3v) is 2.06. The monoisotopic (exact) mass is 276 g/mol. The number of carbonyl (C=O) groups excluding carboxylic acids is 2. The average Bonchev–Trinajstić information content (AvgIpc) is 3.06. The molecule has 7 nitrogen and oxygen atoms in total. The van der Waals surface area contributed by atoms with Crippen molar-refractivity contribution >= 4 is 18.1 Å². The molecule has 3 aliphatic rings. The SMILES string of the molecule is C1CC1.C1CCC1.O=C(O)O.O=C1COC(=O)CO1. The van der Waals surface area contributed by atoms with Crippen LogP contribution in [0.2, 0.25) is 0 Å². The van der Waals surface area contributed by atoms with Gasteiger partial charge in [-0.05, 0) is 0 Å². The van der Waals surface area contributed by atoms with Crippen molar-refractivity contribution in [3.63, 3.8) is 0 Å². The smallest absolute Gasteiger partial charge is 0.451 e. The Morgan fingerprint density at radius 3 is 1.05 bits per heavy atom. The highest BCUT2D eigenvalue weighted by Gasteiger charge is 2.16. The van der Waals surface area contributed by atoms with E-state index >= 15 is 0 Å². The van der Waals surface area contributed by atoms with Crippen LogP contribution < -0.4 is 0 Å². The zero-order chi connectivity index (χ0) is 14.5. The molecule has 3 fully saturated rings. The molecule has 0 radical (unpaired) electrons. The Kier molecular flexibility index (Phi) is 10.2. The highest BCUT2D eigenvalue weighted by atomic mass is 16.6. The number of rotatable bonds is 0. The maximum atomic E-state index is 10.1. The lowest BCUT2D eigenvalue weighted by Crippen LogP contribution is -2.27. The Bertz CT molecular complexity index is 243. The van der Waals surface area contributed by atoms with Crippen LogP contribution in [0.1, 0.15) is 44.9 Å². The molecule has 0 spiro atoms. The van der Waals surface area contributed by atoms with Gasteiger partial charge in [-0.3, -0.25) is 0 Å². The summed E-state index contributed by atoms with van der Waals surface area (Å²) in [6.07, 6.45) is 8.67. The van der Waals surface area contributed by atoms with E-state index in [0.717, 1.165) is 0 Å². The van der Waals surface area contributed by atoms with Crippen LogP contribution in [0.25, 0.3) is 0 Å². The second-order valence-corrected chi connectivity index (χ2v) is 4.08. The van der Waals surface area contributed by atoms with Gasteiger partial charge in [0.2, 0.25) is 0 Å². The normalized spacial score (nSPS) is 18.3. The lowest BCUT2D eigenvalue weighted by Gasteiger charge is -2.09. The summed E-state index contributed by atoms with van der Waals surface area (Å²) in [6, 6.07) is 0. The molecule has 0 aromatic heterocycles. The van der Waals surface area contributed by atoms with Crippen LogP contribution >= 0.6 is 0 Å². The van der Waals surface area contributed by atoms with Crippen molar-refractivity contribution in [1.82, 2.24) is 0 Å². The predicted molar refractivity (Wildman–Crippen MR) is 64.9 cm³/mol. The van der Waals surface area contributed by atoms with Crippen LogP contribution in [0.4, 0.5) is 4.79 Å². The molecular weight excluding hydrogens is 256 g/mol. The van der Waals surface area contributed by atoms with Crippen molar-refractivity contribution in [2.24, 2.45) is 0 Å². The first-order chi connectivity index (χ1) is 9.02. The van der Waals surface area contributed by atoms with E-state index in [1.807, 2.05) is 0 Å². The van der Waals surface area contributed by atoms with Crippen molar-refractivity contribution in [2.75, 3.05) is 13.2 Å². The largest absolute Gasteiger partial charge is 0.503 e. The predicted octanol–water partition coefficient (Wildman–Crippen LogP) is 2.04. The molecule has 2 aliphatic carbocycles. The number of esters is 2. The van der Waals surface area contributed by atoms with Gasteiger partial charge in [-0.25, -0.2) is 14.4 Å². The Morgan fingerprint density at radius 1 is 0.737 bits per heavy atom. The van der Waals surface area contributed by atoms with E-state index < -0.39 is 18.1 Å². The molecule has 1 heterocycles. The molecule has 110 valence electrons. The van der Waals surface area contributed by atoms with Gasteiger partial charge in [-0.1, -0.05) is 44.9 Å². The van der Waals surface area contributed by atoms with Gasteiger partial charge in [0.25, 0.3) is 0 Å². The van der Waals surface area contributed by atoms with Gasteiger partial charge >= 0.3 is 18.1 Å². The van der Waals surface area contributed by atoms with Gasteiger partial charge in [0, 0.05) is 0 Å². The summed E-state index contributed by atoms with van der Waals surface area (Å²) in [7, 11) is 0. The van der Waals surface area contributed by atoms with Crippen LogP contribution in [0.3, 0.4) is 0 Å². The van der Waals surface area contributed by atoms with E-state index in [0.29, 0.717) is 0 Å². The van der Waals surface area contributed by atoms with Gasteiger partial charge in [0.15, 0.2) is 13.2 Å². The van der Waals surface area contributed by atoms with Crippen molar-refractivity contribution in [2.45, 2.75) is 44.9 Å². The van der Waals surface area contributed by atoms with Crippen LogP contribution in [0, 0.1) is 0 Å². The minimum Gasteiger partial charge on any atom is -0.451 e. The minimum absolute atomic E-state index is 0.237. The Morgan fingerprint density at radius 2 is 0.947 bits per heavy atom. The lowest BCUT2D eigenvalue weighted by atomic mass is 10.0. The summed E-state index contributed by atoms with van der Waals surface area (Å²) in [5.41, 5.74) is 0. The Hall–Kier alpha value is -1.79. The molecule has 3 rings (SSSR count). The van der Waals surface area contributed by atoms with E-state index in [9.17, 15) is 9.59 Å². The van der Waals surface area contributed by atoms with Gasteiger partial charge in [-0.15, -0.1) is 0 Å². The molecule has 0 aromatic rings. The number of hydrogen-bond donors (Lipinski definition) is 2. The van der Waals surface area contributed by atoms with Crippen LogP contribution in [-0.4, -0.2) is 41.5 Å². The minimum atomic E-state index is -1.83. The molecular formula is C12H20O7. The Balaban J connectivity index is 0.000000249. The molecule has 0 aromatic carbocycles. The number of hydrogen-bond acceptors (Lipinski definition) is 5. The van der Waals surface area contributed by atoms with Crippen molar-refractivity contribution in [1.29, 1.82) is 0 Å². The standard InChI is InChI=1S/C4H4O4.C4H8.C3H6.CH2O3/c5-3-1-7-4(6)2-8-3;1-2-4-3-1;1-2-3-1;2-1(3)4/h1-2H2;1-4H2;1-3H2;(H2,2,3,4). The molecule has 0 atom stereocenters. The van der Waals surface area contributed by atoms with Gasteiger partial charge in [0.1, 0.15) is 0 Å². The molecule has 0 amide bonds. The molecule has 0 bridgehead atoms. The van der Waals surface area contributed by atoms with Gasteiger partial charge in [0.05, 0.1) is 0 Å². The summed E-state index contributed by atoms with van der Waals surface area (Å²) >= 11 is 0. The van der Waals surface area contributed by atoms with Gasteiger partial charge in [-0.2, -0.15) is 0 Å². The maximum Gasteiger partial charge on any atom is 0.503 e. The summed E-state index contributed by atoms with van der Waals surface area (Å²) in [6.45, 7) is -0.475. The number of carboxylic acid groups (broad SMARTS) is 2. The fourth-order valence-electron chi connectivity index (χ4n) is 0.612. The number of carbonyl (C=O) groups is 3. The van der Waals surface area contributed by atoms with E-state index in [-0.39, 0.29) is 13.2 Å². The summed E-state index contributed by atoms with van der Waals surface area (Å²) in [5, 5.41) is 13.9. The fourth-order valence-corrected chi connectivity index (χ4v) is 0.612. The third kappa shape index (κ3) is 18.8. The van der Waals surface area contributed by atoms with Crippen LogP contribution in [0.15, 0.2) is 0 Å². The first-order valence-corrected chi connectivity index (χ1v) is 6.25. The first kappa shape index (κ1) is 17.2. The number of cyclic esters (lactones) is 2. The second-order valence-electron chi connectivity index (χ2n) is 4.08. The zero-order valence-corrected chi connectivity index (χ0v) is 10.8. The molecule has 1 saturated heterocycles. The Labute approximate surface area is 111 Å². The van der Waals surface area contributed by atoms with Crippen molar-refractivity contribution in [3.05, 3.63) is 0 Å². The van der Waals surface area contributed by atoms with E-state index in [2.05, 4.69) is 9.47 Å². The van der Waals surface area contributed by atoms with Crippen molar-refractivity contribution in [3.8, 4) is 0 Å². The third-order valence-electron chi connectivity index (χ3n) is 2.06.